The van der Waals surface area contributed by atoms with Crippen LogP contribution in [0.3, 0.4) is 0 Å². The van der Waals surface area contributed by atoms with E-state index in [1.54, 1.807) is 13.2 Å². The SMILES string of the molecule is COc1cccc(C=Cc2[nH]nc3ccc(C(=O)O)c(OC)c23)c1. The molecular formula is C18H16N2O4. The van der Waals surface area contributed by atoms with Crippen molar-refractivity contribution in [2.24, 2.45) is 0 Å². The van der Waals surface area contributed by atoms with Gasteiger partial charge < -0.3 is 14.6 Å². The maximum Gasteiger partial charge on any atom is 0.339 e. The number of aromatic carboxylic acids is 1. The molecule has 0 unspecified atom stereocenters. The number of benzene rings is 2. The highest BCUT2D eigenvalue weighted by atomic mass is 16.5. The van der Waals surface area contributed by atoms with Gasteiger partial charge in [-0.2, -0.15) is 5.10 Å². The monoisotopic (exact) mass is 324 g/mol. The van der Waals surface area contributed by atoms with Crippen molar-refractivity contribution in [2.75, 3.05) is 14.2 Å². The number of carboxylic acid groups (broad SMARTS) is 1. The summed E-state index contributed by atoms with van der Waals surface area (Å²) in [6, 6.07) is 10.7. The van der Waals surface area contributed by atoms with Crippen LogP contribution in [0.25, 0.3) is 23.1 Å². The molecule has 0 saturated carbocycles. The van der Waals surface area contributed by atoms with Gasteiger partial charge in [-0.05, 0) is 35.9 Å². The van der Waals surface area contributed by atoms with Crippen molar-refractivity contribution < 1.29 is 19.4 Å². The zero-order valence-corrected chi connectivity index (χ0v) is 13.2. The number of nitrogens with zero attached hydrogens (tertiary/aromatic N) is 1. The lowest BCUT2D eigenvalue weighted by Crippen LogP contribution is -2.00. The number of fused-ring (bicyclic) bond motifs is 1. The summed E-state index contributed by atoms with van der Waals surface area (Å²) in [7, 11) is 3.06. The third-order valence-corrected chi connectivity index (χ3v) is 3.67. The highest BCUT2D eigenvalue weighted by molar-refractivity contribution is 6.02. The van der Waals surface area contributed by atoms with Crippen molar-refractivity contribution in [1.82, 2.24) is 10.2 Å². The lowest BCUT2D eigenvalue weighted by atomic mass is 10.1. The second-order valence-corrected chi connectivity index (χ2v) is 5.09. The summed E-state index contributed by atoms with van der Waals surface area (Å²) >= 11 is 0. The summed E-state index contributed by atoms with van der Waals surface area (Å²) in [5.41, 5.74) is 2.36. The molecule has 3 aromatic rings. The molecule has 1 aromatic heterocycles. The highest BCUT2D eigenvalue weighted by Crippen LogP contribution is 2.32. The zero-order chi connectivity index (χ0) is 17.1. The molecule has 2 N–H and O–H groups in total. The van der Waals surface area contributed by atoms with Crippen molar-refractivity contribution in [3.63, 3.8) is 0 Å². The second kappa shape index (κ2) is 6.45. The smallest absolute Gasteiger partial charge is 0.339 e. The first-order valence-electron chi connectivity index (χ1n) is 7.24. The van der Waals surface area contributed by atoms with Crippen molar-refractivity contribution in [3.8, 4) is 11.5 Å². The first-order chi connectivity index (χ1) is 11.6. The Labute approximate surface area is 138 Å². The van der Waals surface area contributed by atoms with Gasteiger partial charge in [0.2, 0.25) is 0 Å². The number of aromatic amines is 1. The third kappa shape index (κ3) is 2.81. The maximum absolute atomic E-state index is 11.4. The van der Waals surface area contributed by atoms with Gasteiger partial charge in [-0.3, -0.25) is 5.10 Å². The molecule has 122 valence electrons. The molecule has 0 bridgehead atoms. The molecule has 0 atom stereocenters. The number of carboxylic acids is 1. The van der Waals surface area contributed by atoms with Crippen LogP contribution >= 0.6 is 0 Å². The van der Waals surface area contributed by atoms with Crippen molar-refractivity contribution >= 4 is 29.0 Å². The first kappa shape index (κ1) is 15.6. The second-order valence-electron chi connectivity index (χ2n) is 5.09. The summed E-state index contributed by atoms with van der Waals surface area (Å²) in [5, 5.41) is 17.1. The van der Waals surface area contributed by atoms with Crippen LogP contribution in [-0.4, -0.2) is 35.5 Å². The van der Waals surface area contributed by atoms with Crippen LogP contribution in [0, 0.1) is 0 Å². The Hall–Kier alpha value is -3.28. The standard InChI is InChI=1S/C18H16N2O4/c1-23-12-5-3-4-11(10-12)6-8-14-16-15(20-19-14)9-7-13(18(21)22)17(16)24-2/h3-10H,1-2H3,(H,19,20)(H,21,22). The lowest BCUT2D eigenvalue weighted by Gasteiger charge is -2.06. The average molecular weight is 324 g/mol. The molecule has 6 heteroatoms. The molecule has 24 heavy (non-hydrogen) atoms. The fourth-order valence-corrected chi connectivity index (χ4v) is 2.53. The zero-order valence-electron chi connectivity index (χ0n) is 13.2. The molecule has 0 saturated heterocycles. The summed E-state index contributed by atoms with van der Waals surface area (Å²) in [6.07, 6.45) is 3.72. The van der Waals surface area contributed by atoms with E-state index in [0.717, 1.165) is 11.3 Å². The van der Waals surface area contributed by atoms with Gasteiger partial charge in [0.1, 0.15) is 17.1 Å². The van der Waals surface area contributed by atoms with Crippen LogP contribution in [0.15, 0.2) is 36.4 Å². The minimum atomic E-state index is -1.04. The van der Waals surface area contributed by atoms with Gasteiger partial charge >= 0.3 is 5.97 Å². The fourth-order valence-electron chi connectivity index (χ4n) is 2.53. The van der Waals surface area contributed by atoms with Crippen LogP contribution in [0.4, 0.5) is 0 Å². The molecule has 0 aliphatic rings. The van der Waals surface area contributed by atoms with Crippen molar-refractivity contribution in [3.05, 3.63) is 53.2 Å². The molecule has 0 amide bonds. The first-order valence-corrected chi connectivity index (χ1v) is 7.24. The number of H-pyrrole nitrogens is 1. The number of aromatic nitrogens is 2. The predicted octanol–water partition coefficient (Wildman–Crippen LogP) is 3.45. The van der Waals surface area contributed by atoms with E-state index in [1.165, 1.54) is 13.2 Å². The summed E-state index contributed by atoms with van der Waals surface area (Å²) in [4.78, 5) is 11.4. The van der Waals surface area contributed by atoms with E-state index in [9.17, 15) is 9.90 Å². The number of methoxy groups -OCH3 is 2. The molecule has 2 aromatic carbocycles. The number of carbonyl (C=O) groups is 1. The Bertz CT molecular complexity index is 928. The largest absolute Gasteiger partial charge is 0.497 e. The topological polar surface area (TPSA) is 84.4 Å². The van der Waals surface area contributed by atoms with E-state index >= 15 is 0 Å². The lowest BCUT2D eigenvalue weighted by molar-refractivity contribution is 0.0693. The highest BCUT2D eigenvalue weighted by Gasteiger charge is 2.17. The number of hydrogen-bond donors (Lipinski definition) is 2. The third-order valence-electron chi connectivity index (χ3n) is 3.67. The van der Waals surface area contributed by atoms with E-state index in [2.05, 4.69) is 10.2 Å². The summed E-state index contributed by atoms with van der Waals surface area (Å²) < 4.78 is 10.5. The van der Waals surface area contributed by atoms with Crippen LogP contribution in [0.1, 0.15) is 21.6 Å². The van der Waals surface area contributed by atoms with Crippen LogP contribution in [0.2, 0.25) is 0 Å². The normalized spacial score (nSPS) is 11.1. The quantitative estimate of drug-likeness (QED) is 0.751. The minimum Gasteiger partial charge on any atom is -0.497 e. The summed E-state index contributed by atoms with van der Waals surface area (Å²) in [5.74, 6) is 0.00841. The van der Waals surface area contributed by atoms with Crippen molar-refractivity contribution in [2.45, 2.75) is 0 Å². The van der Waals surface area contributed by atoms with Gasteiger partial charge in [-0.15, -0.1) is 0 Å². The van der Waals surface area contributed by atoms with Gasteiger partial charge in [0.05, 0.1) is 30.8 Å². The van der Waals surface area contributed by atoms with Gasteiger partial charge in [0, 0.05) is 0 Å². The molecule has 6 nitrogen and oxygen atoms in total. The number of rotatable bonds is 5. The molecule has 1 heterocycles. The maximum atomic E-state index is 11.4. The van der Waals surface area contributed by atoms with E-state index in [-0.39, 0.29) is 5.56 Å². The van der Waals surface area contributed by atoms with Crippen LogP contribution < -0.4 is 9.47 Å². The van der Waals surface area contributed by atoms with Crippen LogP contribution in [-0.2, 0) is 0 Å². The predicted molar refractivity (Wildman–Crippen MR) is 91.5 cm³/mol. The molecule has 3 rings (SSSR count). The Kier molecular flexibility index (Phi) is 4.20. The Morgan fingerprint density at radius 3 is 2.71 bits per heavy atom. The Morgan fingerprint density at radius 1 is 1.17 bits per heavy atom. The molecule has 0 aliphatic heterocycles. The van der Waals surface area contributed by atoms with E-state index in [4.69, 9.17) is 9.47 Å². The van der Waals surface area contributed by atoms with Gasteiger partial charge in [0.15, 0.2) is 0 Å². The number of hydrogen-bond acceptors (Lipinski definition) is 4. The molecule has 0 fully saturated rings. The Balaban J connectivity index is 2.07. The van der Waals surface area contributed by atoms with Crippen molar-refractivity contribution in [1.29, 1.82) is 0 Å². The Morgan fingerprint density at radius 2 is 2.00 bits per heavy atom. The van der Waals surface area contributed by atoms with Gasteiger partial charge in [-0.1, -0.05) is 18.2 Å². The number of ether oxygens (including phenoxy) is 2. The molecular weight excluding hydrogens is 308 g/mol. The van der Waals surface area contributed by atoms with E-state index in [1.807, 2.05) is 36.4 Å². The minimum absolute atomic E-state index is 0.0995. The van der Waals surface area contributed by atoms with Gasteiger partial charge in [-0.25, -0.2) is 4.79 Å². The molecule has 0 radical (unpaired) electrons. The average Bonchev–Trinajstić information content (AvgIpc) is 3.02. The molecule has 0 spiro atoms. The van der Waals surface area contributed by atoms with Gasteiger partial charge in [0.25, 0.3) is 0 Å². The fraction of sp³-hybridized carbons (Fsp3) is 0.111. The summed E-state index contributed by atoms with van der Waals surface area (Å²) in [6.45, 7) is 0. The molecule has 0 aliphatic carbocycles. The van der Waals surface area contributed by atoms with Crippen LogP contribution in [0.5, 0.6) is 11.5 Å². The number of nitrogens with one attached hydrogen (secondary N) is 1. The van der Waals surface area contributed by atoms with E-state index < -0.39 is 5.97 Å². The van der Waals surface area contributed by atoms with E-state index in [0.29, 0.717) is 22.3 Å².